The van der Waals surface area contributed by atoms with E-state index in [9.17, 15) is 9.59 Å². The number of benzene rings is 1. The molecule has 1 aromatic heterocycles. The van der Waals surface area contributed by atoms with Gasteiger partial charge in [-0.25, -0.2) is 4.79 Å². The highest BCUT2D eigenvalue weighted by Crippen LogP contribution is 2.23. The molecule has 22 heavy (non-hydrogen) atoms. The molecular formula is C16H17N3O3. The van der Waals surface area contributed by atoms with Crippen molar-refractivity contribution in [3.05, 3.63) is 48.8 Å². The lowest BCUT2D eigenvalue weighted by Gasteiger charge is -2.10. The van der Waals surface area contributed by atoms with E-state index in [0.717, 1.165) is 11.4 Å². The maximum Gasteiger partial charge on any atom is 0.414 e. The number of cyclic esters (lactones) is 1. The van der Waals surface area contributed by atoms with Gasteiger partial charge in [-0.15, -0.1) is 0 Å². The zero-order valence-electron chi connectivity index (χ0n) is 12.2. The summed E-state index contributed by atoms with van der Waals surface area (Å²) < 4.78 is 7.20. The summed E-state index contributed by atoms with van der Waals surface area (Å²) in [5.74, 6) is -0.135. The number of carbonyl (C=O) groups excluding carboxylic acids is 2. The van der Waals surface area contributed by atoms with Crippen LogP contribution >= 0.6 is 0 Å². The van der Waals surface area contributed by atoms with E-state index in [4.69, 9.17) is 4.74 Å². The van der Waals surface area contributed by atoms with Crippen LogP contribution in [-0.4, -0.2) is 35.8 Å². The fraction of sp³-hybridized carbons (Fsp3) is 0.250. The second-order valence-electron chi connectivity index (χ2n) is 5.17. The molecule has 0 unspecified atom stereocenters. The van der Waals surface area contributed by atoms with Gasteiger partial charge in [-0.2, -0.15) is 0 Å². The summed E-state index contributed by atoms with van der Waals surface area (Å²) in [4.78, 5) is 24.5. The van der Waals surface area contributed by atoms with Gasteiger partial charge in [-0.05, 0) is 18.2 Å². The van der Waals surface area contributed by atoms with Crippen molar-refractivity contribution in [1.29, 1.82) is 0 Å². The Morgan fingerprint density at radius 3 is 2.77 bits per heavy atom. The van der Waals surface area contributed by atoms with Crippen molar-refractivity contribution in [3.63, 3.8) is 0 Å². The van der Waals surface area contributed by atoms with Crippen LogP contribution in [0.4, 0.5) is 10.5 Å². The fourth-order valence-corrected chi connectivity index (χ4v) is 2.40. The van der Waals surface area contributed by atoms with Crippen LogP contribution in [0.2, 0.25) is 0 Å². The normalized spacial score (nSPS) is 17.4. The summed E-state index contributed by atoms with van der Waals surface area (Å²) in [6.45, 7) is 2.20. The van der Waals surface area contributed by atoms with E-state index in [2.05, 4.69) is 5.32 Å². The molecule has 1 aromatic carbocycles. The molecule has 0 spiro atoms. The predicted octanol–water partition coefficient (Wildman–Crippen LogP) is 1.94. The molecule has 0 radical (unpaired) electrons. The molecule has 1 aliphatic rings. The highest BCUT2D eigenvalue weighted by atomic mass is 16.6. The summed E-state index contributed by atoms with van der Waals surface area (Å²) in [7, 11) is 0. The Kier molecular flexibility index (Phi) is 3.82. The number of anilines is 1. The van der Waals surface area contributed by atoms with Crippen LogP contribution in [0.25, 0.3) is 5.69 Å². The van der Waals surface area contributed by atoms with Gasteiger partial charge in [-0.1, -0.05) is 18.2 Å². The monoisotopic (exact) mass is 299 g/mol. The predicted molar refractivity (Wildman–Crippen MR) is 82.1 cm³/mol. The number of carbonyl (C=O) groups is 2. The van der Waals surface area contributed by atoms with Crippen molar-refractivity contribution in [1.82, 2.24) is 9.88 Å². The van der Waals surface area contributed by atoms with E-state index >= 15 is 0 Å². The lowest BCUT2D eigenvalue weighted by Crippen LogP contribution is -2.33. The third-order valence-corrected chi connectivity index (χ3v) is 3.50. The molecule has 2 aromatic rings. The molecule has 6 nitrogen and oxygen atoms in total. The van der Waals surface area contributed by atoms with Gasteiger partial charge in [0.1, 0.15) is 6.10 Å². The largest absolute Gasteiger partial charge is 0.442 e. The molecule has 0 aliphatic carbocycles. The summed E-state index contributed by atoms with van der Waals surface area (Å²) >= 11 is 0. The Bertz CT molecular complexity index is 681. The van der Waals surface area contributed by atoms with Crippen LogP contribution in [0.5, 0.6) is 0 Å². The Hall–Kier alpha value is -2.76. The van der Waals surface area contributed by atoms with E-state index < -0.39 is 0 Å². The van der Waals surface area contributed by atoms with E-state index in [1.54, 1.807) is 4.90 Å². The smallest absolute Gasteiger partial charge is 0.414 e. The van der Waals surface area contributed by atoms with Gasteiger partial charge in [0.2, 0.25) is 5.91 Å². The Balaban J connectivity index is 1.71. The summed E-state index contributed by atoms with van der Waals surface area (Å²) in [5.41, 5.74) is 1.80. The van der Waals surface area contributed by atoms with Crippen LogP contribution in [0.1, 0.15) is 6.92 Å². The van der Waals surface area contributed by atoms with Gasteiger partial charge >= 0.3 is 6.09 Å². The van der Waals surface area contributed by atoms with Crippen LogP contribution in [0.15, 0.2) is 48.8 Å². The second-order valence-corrected chi connectivity index (χ2v) is 5.17. The van der Waals surface area contributed by atoms with Crippen molar-refractivity contribution in [2.24, 2.45) is 0 Å². The number of nitrogens with one attached hydrogen (secondary N) is 1. The van der Waals surface area contributed by atoms with Gasteiger partial charge in [0, 0.05) is 25.0 Å². The first-order chi connectivity index (χ1) is 10.6. The number of para-hydroxylation sites is 1. The van der Waals surface area contributed by atoms with Crippen molar-refractivity contribution < 1.29 is 14.3 Å². The van der Waals surface area contributed by atoms with Crippen molar-refractivity contribution >= 4 is 17.7 Å². The Labute approximate surface area is 128 Å². The molecule has 1 fully saturated rings. The van der Waals surface area contributed by atoms with Crippen molar-refractivity contribution in [3.8, 4) is 5.69 Å². The maximum absolute atomic E-state index is 12.0. The Morgan fingerprint density at radius 2 is 2.05 bits per heavy atom. The zero-order chi connectivity index (χ0) is 15.5. The van der Waals surface area contributed by atoms with Crippen LogP contribution in [0.3, 0.4) is 0 Å². The molecule has 6 heteroatoms. The standard InChI is InChI=1S/C16H17N3O3/c1-12(20)17-9-15-11-19(16(21)22-15)14-7-8-18(10-14)13-5-3-2-4-6-13/h2-8,10,15H,9,11H2,1H3,(H,17,20)/t15-/m0/s1. The molecule has 2 amide bonds. The number of nitrogens with zero attached hydrogens (tertiary/aromatic N) is 2. The van der Waals surface area contributed by atoms with Gasteiger partial charge in [0.15, 0.2) is 0 Å². The first kappa shape index (κ1) is 14.2. The van der Waals surface area contributed by atoms with Gasteiger partial charge in [0.05, 0.1) is 18.8 Å². The highest BCUT2D eigenvalue weighted by molar-refractivity contribution is 5.89. The second kappa shape index (κ2) is 5.93. The summed E-state index contributed by atoms with van der Waals surface area (Å²) in [6, 6.07) is 11.7. The number of rotatable bonds is 4. The lowest BCUT2D eigenvalue weighted by molar-refractivity contribution is -0.119. The molecule has 1 saturated heterocycles. The third-order valence-electron chi connectivity index (χ3n) is 3.50. The van der Waals surface area contributed by atoms with E-state index in [1.807, 2.05) is 53.4 Å². The molecule has 1 N–H and O–H groups in total. The van der Waals surface area contributed by atoms with Crippen LogP contribution in [0, 0.1) is 0 Å². The quantitative estimate of drug-likeness (QED) is 0.938. The molecular weight excluding hydrogens is 282 g/mol. The topological polar surface area (TPSA) is 63.6 Å². The zero-order valence-corrected chi connectivity index (χ0v) is 12.2. The molecule has 1 atom stereocenters. The molecule has 3 rings (SSSR count). The SMILES string of the molecule is CC(=O)NC[C@H]1CN(c2ccn(-c3ccccc3)c2)C(=O)O1. The first-order valence-corrected chi connectivity index (χ1v) is 7.09. The van der Waals surface area contributed by atoms with Gasteiger partial charge in [0.25, 0.3) is 0 Å². The molecule has 0 bridgehead atoms. The number of hydrogen-bond acceptors (Lipinski definition) is 3. The summed E-state index contributed by atoms with van der Waals surface area (Å²) in [5, 5.41) is 2.66. The maximum atomic E-state index is 12.0. The average molecular weight is 299 g/mol. The fourth-order valence-electron chi connectivity index (χ4n) is 2.40. The number of ether oxygens (including phenoxy) is 1. The van der Waals surface area contributed by atoms with Crippen LogP contribution < -0.4 is 10.2 Å². The molecule has 0 saturated carbocycles. The average Bonchev–Trinajstić information content (AvgIpc) is 3.12. The number of aromatic nitrogens is 1. The number of amides is 2. The molecule has 1 aliphatic heterocycles. The first-order valence-electron chi connectivity index (χ1n) is 7.09. The summed E-state index contributed by atoms with van der Waals surface area (Å²) in [6.07, 6.45) is 3.08. The van der Waals surface area contributed by atoms with E-state index in [-0.39, 0.29) is 18.1 Å². The van der Waals surface area contributed by atoms with E-state index in [0.29, 0.717) is 13.1 Å². The van der Waals surface area contributed by atoms with Crippen molar-refractivity contribution in [2.75, 3.05) is 18.0 Å². The molecule has 2 heterocycles. The van der Waals surface area contributed by atoms with Gasteiger partial charge in [-0.3, -0.25) is 9.69 Å². The Morgan fingerprint density at radius 1 is 1.27 bits per heavy atom. The minimum absolute atomic E-state index is 0.135. The number of hydrogen-bond donors (Lipinski definition) is 1. The van der Waals surface area contributed by atoms with Crippen molar-refractivity contribution in [2.45, 2.75) is 13.0 Å². The van der Waals surface area contributed by atoms with Crippen LogP contribution in [-0.2, 0) is 9.53 Å². The minimum Gasteiger partial charge on any atom is -0.442 e. The minimum atomic E-state index is -0.388. The highest BCUT2D eigenvalue weighted by Gasteiger charge is 2.32. The van der Waals surface area contributed by atoms with E-state index in [1.165, 1.54) is 6.92 Å². The lowest BCUT2D eigenvalue weighted by atomic mass is 10.3. The molecule has 114 valence electrons. The van der Waals surface area contributed by atoms with Gasteiger partial charge < -0.3 is 14.6 Å². The third kappa shape index (κ3) is 2.95.